The molecule has 1 heterocycles. The second-order valence-electron chi connectivity index (χ2n) is 5.00. The Kier molecular flexibility index (Phi) is 7.14. The summed E-state index contributed by atoms with van der Waals surface area (Å²) in [5.74, 6) is 0. The molecule has 2 heteroatoms. The minimum atomic E-state index is 0.635. The molecule has 2 nitrogen and oxygen atoms in total. The Bertz CT molecular complexity index is 199. The zero-order chi connectivity index (χ0) is 12.5. The molecular weight excluding hydrogens is 208 g/mol. The van der Waals surface area contributed by atoms with Crippen molar-refractivity contribution < 1.29 is 0 Å². The van der Waals surface area contributed by atoms with E-state index in [0.29, 0.717) is 6.17 Å². The molecule has 0 unspecified atom stereocenters. The van der Waals surface area contributed by atoms with Gasteiger partial charge in [0.1, 0.15) is 6.17 Å². The molecule has 0 saturated carbocycles. The van der Waals surface area contributed by atoms with Crippen molar-refractivity contribution in [2.24, 2.45) is 0 Å². The maximum absolute atomic E-state index is 2.47. The molecule has 0 aromatic rings. The Hall–Kier alpha value is -0.660. The van der Waals surface area contributed by atoms with Crippen molar-refractivity contribution in [2.75, 3.05) is 13.1 Å². The van der Waals surface area contributed by atoms with E-state index in [2.05, 4.69) is 43.0 Å². The number of nitrogens with zero attached hydrogens (tertiary/aromatic N) is 2. The lowest BCUT2D eigenvalue weighted by molar-refractivity contribution is 0.149. The van der Waals surface area contributed by atoms with Gasteiger partial charge in [-0.05, 0) is 26.7 Å². The Morgan fingerprint density at radius 1 is 0.765 bits per heavy atom. The molecule has 17 heavy (non-hydrogen) atoms. The van der Waals surface area contributed by atoms with Crippen LogP contribution in [0.1, 0.15) is 65.7 Å². The van der Waals surface area contributed by atoms with Crippen molar-refractivity contribution >= 4 is 0 Å². The molecule has 1 aliphatic rings. The third-order valence-corrected chi connectivity index (χ3v) is 3.76. The van der Waals surface area contributed by atoms with Crippen LogP contribution in [0.5, 0.6) is 0 Å². The highest BCUT2D eigenvalue weighted by molar-refractivity contribution is 4.95. The Morgan fingerprint density at radius 3 is 1.82 bits per heavy atom. The number of hydrogen-bond donors (Lipinski definition) is 0. The summed E-state index contributed by atoms with van der Waals surface area (Å²) in [5, 5.41) is 0. The van der Waals surface area contributed by atoms with Gasteiger partial charge in [0, 0.05) is 25.5 Å². The molecule has 0 amide bonds. The summed E-state index contributed by atoms with van der Waals surface area (Å²) >= 11 is 0. The fourth-order valence-corrected chi connectivity index (χ4v) is 2.63. The van der Waals surface area contributed by atoms with Gasteiger partial charge in [-0.25, -0.2) is 0 Å². The minimum Gasteiger partial charge on any atom is -0.356 e. The summed E-state index contributed by atoms with van der Waals surface area (Å²) in [4.78, 5) is 4.94. The first kappa shape index (κ1) is 14.4. The van der Waals surface area contributed by atoms with Gasteiger partial charge in [-0.1, -0.05) is 39.0 Å². The molecule has 1 rings (SSSR count). The van der Waals surface area contributed by atoms with E-state index in [1.807, 2.05) is 0 Å². The van der Waals surface area contributed by atoms with Crippen LogP contribution in [0.15, 0.2) is 12.4 Å². The third-order valence-electron chi connectivity index (χ3n) is 3.76. The van der Waals surface area contributed by atoms with E-state index in [1.165, 1.54) is 44.9 Å². The molecule has 0 bridgehead atoms. The first-order valence-electron chi connectivity index (χ1n) is 7.53. The fourth-order valence-electron chi connectivity index (χ4n) is 2.63. The molecule has 100 valence electrons. The molecule has 0 aromatic carbocycles. The standard InChI is InChI=1S/C15H30N2/c1-4-7-8-9-10-11-12-15-16(5-2)13-14-17(15)6-3/h13-15H,4-12H2,1-3H3. The van der Waals surface area contributed by atoms with Gasteiger partial charge in [-0.2, -0.15) is 0 Å². The van der Waals surface area contributed by atoms with Gasteiger partial charge in [0.05, 0.1) is 0 Å². The maximum Gasteiger partial charge on any atom is 0.101 e. The SMILES string of the molecule is CCCCCCCCC1N(CC)C=CN1CC. The molecule has 1 aliphatic heterocycles. The van der Waals surface area contributed by atoms with E-state index in [4.69, 9.17) is 0 Å². The molecular formula is C15H30N2. The van der Waals surface area contributed by atoms with Gasteiger partial charge in [0.15, 0.2) is 0 Å². The summed E-state index contributed by atoms with van der Waals surface area (Å²) in [7, 11) is 0. The van der Waals surface area contributed by atoms with Crippen molar-refractivity contribution in [3.05, 3.63) is 12.4 Å². The first-order chi connectivity index (χ1) is 8.33. The first-order valence-corrected chi connectivity index (χ1v) is 7.53. The van der Waals surface area contributed by atoms with Gasteiger partial charge in [-0.3, -0.25) is 0 Å². The smallest absolute Gasteiger partial charge is 0.101 e. The van der Waals surface area contributed by atoms with Crippen LogP contribution in [0.25, 0.3) is 0 Å². The second-order valence-corrected chi connectivity index (χ2v) is 5.00. The zero-order valence-electron chi connectivity index (χ0n) is 12.0. The predicted molar refractivity (Wildman–Crippen MR) is 75.7 cm³/mol. The van der Waals surface area contributed by atoms with Crippen molar-refractivity contribution in [3.8, 4) is 0 Å². The van der Waals surface area contributed by atoms with Crippen molar-refractivity contribution in [1.29, 1.82) is 0 Å². The molecule has 0 radical (unpaired) electrons. The zero-order valence-corrected chi connectivity index (χ0v) is 12.0. The van der Waals surface area contributed by atoms with Gasteiger partial charge < -0.3 is 9.80 Å². The van der Waals surface area contributed by atoms with E-state index in [-0.39, 0.29) is 0 Å². The number of unbranched alkanes of at least 4 members (excludes halogenated alkanes) is 5. The topological polar surface area (TPSA) is 6.48 Å². The normalized spacial score (nSPS) is 16.2. The van der Waals surface area contributed by atoms with Crippen molar-refractivity contribution in [3.63, 3.8) is 0 Å². The lowest BCUT2D eigenvalue weighted by Gasteiger charge is -2.31. The Balaban J connectivity index is 2.15. The van der Waals surface area contributed by atoms with E-state index in [0.717, 1.165) is 13.1 Å². The van der Waals surface area contributed by atoms with Crippen molar-refractivity contribution in [1.82, 2.24) is 9.80 Å². The highest BCUT2D eigenvalue weighted by Crippen LogP contribution is 2.21. The van der Waals surface area contributed by atoms with Crippen LogP contribution in [-0.2, 0) is 0 Å². The van der Waals surface area contributed by atoms with E-state index < -0.39 is 0 Å². The van der Waals surface area contributed by atoms with Crippen LogP contribution < -0.4 is 0 Å². The van der Waals surface area contributed by atoms with E-state index in [1.54, 1.807) is 0 Å². The lowest BCUT2D eigenvalue weighted by atomic mass is 10.1. The number of hydrogen-bond acceptors (Lipinski definition) is 2. The average molecular weight is 238 g/mol. The van der Waals surface area contributed by atoms with Crippen LogP contribution in [0.4, 0.5) is 0 Å². The van der Waals surface area contributed by atoms with Gasteiger partial charge in [-0.15, -0.1) is 0 Å². The highest BCUT2D eigenvalue weighted by Gasteiger charge is 2.22. The highest BCUT2D eigenvalue weighted by atomic mass is 15.4. The van der Waals surface area contributed by atoms with Gasteiger partial charge >= 0.3 is 0 Å². The fraction of sp³-hybridized carbons (Fsp3) is 0.867. The second kappa shape index (κ2) is 8.43. The van der Waals surface area contributed by atoms with Crippen LogP contribution in [0.3, 0.4) is 0 Å². The number of rotatable bonds is 9. The van der Waals surface area contributed by atoms with Crippen LogP contribution in [0.2, 0.25) is 0 Å². The Labute approximate surface area is 108 Å². The predicted octanol–water partition coefficient (Wildman–Crippen LogP) is 4.19. The van der Waals surface area contributed by atoms with Crippen LogP contribution in [0, 0.1) is 0 Å². The summed E-state index contributed by atoms with van der Waals surface area (Å²) in [6.07, 6.45) is 14.9. The molecule has 0 aliphatic carbocycles. The average Bonchev–Trinajstić information content (AvgIpc) is 2.75. The van der Waals surface area contributed by atoms with Crippen molar-refractivity contribution in [2.45, 2.75) is 71.9 Å². The Morgan fingerprint density at radius 2 is 1.29 bits per heavy atom. The molecule has 0 spiro atoms. The molecule has 0 aromatic heterocycles. The summed E-state index contributed by atoms with van der Waals surface area (Å²) < 4.78 is 0. The van der Waals surface area contributed by atoms with E-state index >= 15 is 0 Å². The summed E-state index contributed by atoms with van der Waals surface area (Å²) in [5.41, 5.74) is 0. The third kappa shape index (κ3) is 4.61. The summed E-state index contributed by atoms with van der Waals surface area (Å²) in [6.45, 7) is 9.04. The van der Waals surface area contributed by atoms with Gasteiger partial charge in [0.2, 0.25) is 0 Å². The largest absolute Gasteiger partial charge is 0.356 e. The molecule has 0 N–H and O–H groups in total. The van der Waals surface area contributed by atoms with Crippen LogP contribution >= 0.6 is 0 Å². The molecule has 0 atom stereocenters. The van der Waals surface area contributed by atoms with Crippen LogP contribution in [-0.4, -0.2) is 29.1 Å². The summed E-state index contributed by atoms with van der Waals surface area (Å²) in [6, 6.07) is 0. The monoisotopic (exact) mass is 238 g/mol. The van der Waals surface area contributed by atoms with Gasteiger partial charge in [0.25, 0.3) is 0 Å². The minimum absolute atomic E-state index is 0.635. The quantitative estimate of drug-likeness (QED) is 0.556. The molecule has 0 saturated heterocycles. The lowest BCUT2D eigenvalue weighted by Crippen LogP contribution is -2.38. The molecule has 0 fully saturated rings. The maximum atomic E-state index is 2.47. The van der Waals surface area contributed by atoms with E-state index in [9.17, 15) is 0 Å².